The van der Waals surface area contributed by atoms with Crippen LogP contribution in [0.3, 0.4) is 0 Å². The minimum atomic E-state index is 1.13. The molecule has 1 aromatic heterocycles. The molecule has 1 heterocycles. The molecule has 0 saturated carbocycles. The number of anilines is 3. The molecule has 42 heavy (non-hydrogen) atoms. The number of rotatable bonds is 5. The van der Waals surface area contributed by atoms with Crippen LogP contribution in [0.25, 0.3) is 53.2 Å². The van der Waals surface area contributed by atoms with Crippen LogP contribution in [0.2, 0.25) is 0 Å². The summed E-state index contributed by atoms with van der Waals surface area (Å²) in [7, 11) is 0. The van der Waals surface area contributed by atoms with Crippen molar-refractivity contribution in [1.82, 2.24) is 0 Å². The third kappa shape index (κ3) is 4.25. The van der Waals surface area contributed by atoms with Gasteiger partial charge in [-0.1, -0.05) is 115 Å². The zero-order chi connectivity index (χ0) is 27.9. The van der Waals surface area contributed by atoms with Crippen molar-refractivity contribution in [2.45, 2.75) is 0 Å². The van der Waals surface area contributed by atoms with Crippen LogP contribution in [0.15, 0.2) is 164 Å². The standard InChI is InChI=1S/C40H27NS/c1-3-12-28(13-4-1)33-17-7-8-18-34(33)29-22-24-32(25-23-29)41(31-15-5-2-6-16-31)38-20-11-14-30-26-40-37(27-36(30)38)35-19-9-10-21-39(35)42-40/h1-27H. The van der Waals surface area contributed by atoms with Crippen molar-refractivity contribution >= 4 is 59.3 Å². The van der Waals surface area contributed by atoms with Crippen LogP contribution >= 0.6 is 11.3 Å². The van der Waals surface area contributed by atoms with E-state index < -0.39 is 0 Å². The molecule has 0 aliphatic heterocycles. The van der Waals surface area contributed by atoms with Gasteiger partial charge in [-0.2, -0.15) is 0 Å². The SMILES string of the molecule is c1ccc(-c2ccccc2-c2ccc(N(c3ccccc3)c3cccc4cc5sc6ccccc6c5cc34)cc2)cc1. The van der Waals surface area contributed by atoms with Gasteiger partial charge in [0.15, 0.2) is 0 Å². The van der Waals surface area contributed by atoms with Crippen molar-refractivity contribution in [2.75, 3.05) is 4.90 Å². The van der Waals surface area contributed by atoms with Gasteiger partial charge in [-0.25, -0.2) is 0 Å². The maximum absolute atomic E-state index is 2.39. The van der Waals surface area contributed by atoms with Gasteiger partial charge in [0.1, 0.15) is 0 Å². The summed E-state index contributed by atoms with van der Waals surface area (Å²) in [6.07, 6.45) is 0. The Balaban J connectivity index is 1.29. The minimum absolute atomic E-state index is 1.13. The fraction of sp³-hybridized carbons (Fsp3) is 0. The van der Waals surface area contributed by atoms with E-state index >= 15 is 0 Å². The van der Waals surface area contributed by atoms with E-state index in [1.165, 1.54) is 58.9 Å². The zero-order valence-electron chi connectivity index (χ0n) is 22.9. The van der Waals surface area contributed by atoms with Gasteiger partial charge in [-0.05, 0) is 76.2 Å². The fourth-order valence-electron chi connectivity index (χ4n) is 6.07. The molecule has 0 aliphatic rings. The Hall–Kier alpha value is -5.18. The molecule has 1 nitrogen and oxygen atoms in total. The van der Waals surface area contributed by atoms with Crippen LogP contribution in [0.1, 0.15) is 0 Å². The van der Waals surface area contributed by atoms with Crippen LogP contribution in [0.5, 0.6) is 0 Å². The summed E-state index contributed by atoms with van der Waals surface area (Å²) in [5, 5.41) is 5.13. The summed E-state index contributed by atoms with van der Waals surface area (Å²) in [6, 6.07) is 59.1. The second kappa shape index (κ2) is 10.3. The van der Waals surface area contributed by atoms with Crippen molar-refractivity contribution in [2.24, 2.45) is 0 Å². The normalized spacial score (nSPS) is 11.3. The van der Waals surface area contributed by atoms with Crippen molar-refractivity contribution in [1.29, 1.82) is 0 Å². The molecule has 0 spiro atoms. The van der Waals surface area contributed by atoms with Gasteiger partial charge in [0.2, 0.25) is 0 Å². The number of hydrogen-bond acceptors (Lipinski definition) is 2. The maximum Gasteiger partial charge on any atom is 0.0540 e. The summed E-state index contributed by atoms with van der Waals surface area (Å²) in [4.78, 5) is 2.38. The summed E-state index contributed by atoms with van der Waals surface area (Å²) in [6.45, 7) is 0. The second-order valence-corrected chi connectivity index (χ2v) is 11.7. The molecule has 0 N–H and O–H groups in total. The Bertz CT molecular complexity index is 2180. The largest absolute Gasteiger partial charge is 0.310 e. The Morgan fingerprint density at radius 3 is 1.76 bits per heavy atom. The van der Waals surface area contributed by atoms with Crippen molar-refractivity contribution in [3.05, 3.63) is 164 Å². The van der Waals surface area contributed by atoms with Gasteiger partial charge < -0.3 is 4.90 Å². The molecule has 0 amide bonds. The first-order chi connectivity index (χ1) is 20.8. The van der Waals surface area contributed by atoms with E-state index in [9.17, 15) is 0 Å². The van der Waals surface area contributed by atoms with E-state index in [2.05, 4.69) is 169 Å². The summed E-state index contributed by atoms with van der Waals surface area (Å²) in [5.74, 6) is 0. The van der Waals surface area contributed by atoms with E-state index in [1.54, 1.807) is 0 Å². The van der Waals surface area contributed by atoms with Crippen molar-refractivity contribution < 1.29 is 0 Å². The van der Waals surface area contributed by atoms with Gasteiger partial charge in [-0.15, -0.1) is 11.3 Å². The number of para-hydroxylation sites is 1. The molecule has 8 aromatic rings. The lowest BCUT2D eigenvalue weighted by Crippen LogP contribution is -2.10. The maximum atomic E-state index is 2.39. The average Bonchev–Trinajstić information content (AvgIpc) is 3.43. The molecule has 0 unspecified atom stereocenters. The molecule has 8 rings (SSSR count). The first kappa shape index (κ1) is 24.6. The lowest BCUT2D eigenvalue weighted by atomic mass is 9.94. The first-order valence-corrected chi connectivity index (χ1v) is 15.1. The Labute approximate surface area is 249 Å². The Morgan fingerprint density at radius 1 is 0.381 bits per heavy atom. The van der Waals surface area contributed by atoms with E-state index in [0.717, 1.165) is 11.4 Å². The average molecular weight is 554 g/mol. The second-order valence-electron chi connectivity index (χ2n) is 10.6. The molecule has 2 heteroatoms. The smallest absolute Gasteiger partial charge is 0.0540 e. The molecular formula is C40H27NS. The summed E-state index contributed by atoms with van der Waals surface area (Å²) in [5.41, 5.74) is 8.35. The van der Waals surface area contributed by atoms with Gasteiger partial charge in [0.05, 0.1) is 5.69 Å². The van der Waals surface area contributed by atoms with Crippen LogP contribution in [-0.2, 0) is 0 Å². The fourth-order valence-corrected chi connectivity index (χ4v) is 7.21. The Morgan fingerprint density at radius 2 is 1.00 bits per heavy atom. The molecular weight excluding hydrogens is 527 g/mol. The third-order valence-corrected chi connectivity index (χ3v) is 9.19. The molecule has 0 radical (unpaired) electrons. The van der Waals surface area contributed by atoms with E-state index in [0.29, 0.717) is 0 Å². The monoisotopic (exact) mass is 553 g/mol. The highest BCUT2D eigenvalue weighted by molar-refractivity contribution is 7.25. The Kier molecular flexibility index (Phi) is 6.05. The molecule has 0 saturated heterocycles. The number of fused-ring (bicyclic) bond motifs is 4. The van der Waals surface area contributed by atoms with Gasteiger partial charge in [0.25, 0.3) is 0 Å². The van der Waals surface area contributed by atoms with Crippen LogP contribution in [0.4, 0.5) is 17.1 Å². The van der Waals surface area contributed by atoms with Crippen LogP contribution in [-0.4, -0.2) is 0 Å². The van der Waals surface area contributed by atoms with Gasteiger partial charge >= 0.3 is 0 Å². The number of thiophene rings is 1. The van der Waals surface area contributed by atoms with Crippen molar-refractivity contribution in [3.63, 3.8) is 0 Å². The number of benzene rings is 7. The predicted octanol–water partition coefficient (Wildman–Crippen LogP) is 12.0. The van der Waals surface area contributed by atoms with Crippen molar-refractivity contribution in [3.8, 4) is 22.3 Å². The topological polar surface area (TPSA) is 3.24 Å². The van der Waals surface area contributed by atoms with Crippen LogP contribution in [0, 0.1) is 0 Å². The molecule has 0 atom stereocenters. The highest BCUT2D eigenvalue weighted by Gasteiger charge is 2.17. The lowest BCUT2D eigenvalue weighted by Gasteiger charge is -2.27. The molecule has 198 valence electrons. The van der Waals surface area contributed by atoms with E-state index in [1.807, 2.05) is 11.3 Å². The van der Waals surface area contributed by atoms with E-state index in [4.69, 9.17) is 0 Å². The van der Waals surface area contributed by atoms with Gasteiger partial charge in [0, 0.05) is 36.9 Å². The number of nitrogens with zero attached hydrogens (tertiary/aromatic N) is 1. The first-order valence-electron chi connectivity index (χ1n) is 14.3. The lowest BCUT2D eigenvalue weighted by molar-refractivity contribution is 1.30. The summed E-state index contributed by atoms with van der Waals surface area (Å²) < 4.78 is 2.66. The van der Waals surface area contributed by atoms with Crippen LogP contribution < -0.4 is 4.90 Å². The highest BCUT2D eigenvalue weighted by atomic mass is 32.1. The quantitative estimate of drug-likeness (QED) is 0.205. The highest BCUT2D eigenvalue weighted by Crippen LogP contribution is 2.43. The van der Waals surface area contributed by atoms with E-state index in [-0.39, 0.29) is 0 Å². The molecule has 0 fully saturated rings. The predicted molar refractivity (Wildman–Crippen MR) is 182 cm³/mol. The summed E-state index contributed by atoms with van der Waals surface area (Å²) >= 11 is 1.87. The minimum Gasteiger partial charge on any atom is -0.310 e. The molecule has 7 aromatic carbocycles. The molecule has 0 aliphatic carbocycles. The molecule has 0 bridgehead atoms. The zero-order valence-corrected chi connectivity index (χ0v) is 23.8. The third-order valence-electron chi connectivity index (χ3n) is 8.06. The van der Waals surface area contributed by atoms with Gasteiger partial charge in [-0.3, -0.25) is 0 Å². The number of hydrogen-bond donors (Lipinski definition) is 0.